The van der Waals surface area contributed by atoms with E-state index in [1.54, 1.807) is 6.92 Å². The fraction of sp³-hybridized carbons (Fsp3) is 0.286. The van der Waals surface area contributed by atoms with Crippen LogP contribution < -0.4 is 5.56 Å². The molecule has 0 aliphatic heterocycles. The summed E-state index contributed by atoms with van der Waals surface area (Å²) < 4.78 is 44.8. The van der Waals surface area contributed by atoms with Crippen LogP contribution >= 0.6 is 0 Å². The summed E-state index contributed by atoms with van der Waals surface area (Å²) in [4.78, 5) is 24.0. The third-order valence-corrected chi connectivity index (χ3v) is 3.01. The predicted molar refractivity (Wildman–Crippen MR) is 70.1 cm³/mol. The lowest BCUT2D eigenvalue weighted by atomic mass is 10.0. The van der Waals surface area contributed by atoms with E-state index in [-0.39, 0.29) is 22.9 Å². The molecule has 0 amide bonds. The third-order valence-electron chi connectivity index (χ3n) is 3.01. The zero-order valence-electron chi connectivity index (χ0n) is 11.3. The lowest BCUT2D eigenvalue weighted by molar-refractivity contribution is -0.136. The number of alkyl halides is 3. The first-order chi connectivity index (χ1) is 9.77. The summed E-state index contributed by atoms with van der Waals surface area (Å²) in [7, 11) is 1.21. The lowest BCUT2D eigenvalue weighted by Crippen LogP contribution is -2.23. The maximum absolute atomic E-state index is 13.1. The molecule has 0 spiro atoms. The second-order valence-corrected chi connectivity index (χ2v) is 4.41. The number of rotatable bonds is 2. The van der Waals surface area contributed by atoms with Crippen LogP contribution in [0.5, 0.6) is 0 Å². The van der Waals surface area contributed by atoms with Crippen LogP contribution in [0.2, 0.25) is 0 Å². The summed E-state index contributed by atoms with van der Waals surface area (Å²) in [6.07, 6.45) is -3.91. The van der Waals surface area contributed by atoms with Gasteiger partial charge in [0, 0.05) is 18.6 Å². The van der Waals surface area contributed by atoms with Gasteiger partial charge in [0.1, 0.15) is 0 Å². The summed E-state index contributed by atoms with van der Waals surface area (Å²) in [5, 5.41) is -0.593. The average molecular weight is 299 g/mol. The Bertz CT molecular complexity index is 762. The Kier molecular flexibility index (Phi) is 3.76. The summed E-state index contributed by atoms with van der Waals surface area (Å²) in [5.74, 6) is -0.820. The minimum Gasteiger partial charge on any atom is -0.462 e. The number of nitrogens with zero attached hydrogens (tertiary/aromatic N) is 1. The maximum atomic E-state index is 13.1. The van der Waals surface area contributed by atoms with Gasteiger partial charge in [-0.05, 0) is 13.0 Å². The van der Waals surface area contributed by atoms with Gasteiger partial charge in [0.25, 0.3) is 5.56 Å². The summed E-state index contributed by atoms with van der Waals surface area (Å²) in [6.45, 7) is 1.64. The van der Waals surface area contributed by atoms with Crippen molar-refractivity contribution in [3.05, 3.63) is 45.9 Å². The minimum atomic E-state index is -4.63. The van der Waals surface area contributed by atoms with E-state index in [2.05, 4.69) is 0 Å². The molecule has 0 bridgehead atoms. The van der Waals surface area contributed by atoms with Gasteiger partial charge in [0.2, 0.25) is 0 Å². The third kappa shape index (κ3) is 2.63. The largest absolute Gasteiger partial charge is 0.462 e. The molecule has 7 heteroatoms. The topological polar surface area (TPSA) is 48.3 Å². The Morgan fingerprint density at radius 1 is 1.33 bits per heavy atom. The highest BCUT2D eigenvalue weighted by molar-refractivity contribution is 6.05. The van der Waals surface area contributed by atoms with E-state index in [0.29, 0.717) is 0 Å². The van der Waals surface area contributed by atoms with Crippen molar-refractivity contribution in [3.8, 4) is 0 Å². The molecule has 1 heterocycles. The zero-order valence-corrected chi connectivity index (χ0v) is 11.3. The normalized spacial score (nSPS) is 11.7. The lowest BCUT2D eigenvalue weighted by Gasteiger charge is -2.14. The van der Waals surface area contributed by atoms with Gasteiger partial charge in [-0.2, -0.15) is 13.2 Å². The number of carbonyl (C=O) groups excluding carboxylic acids is 1. The Labute approximate surface area is 117 Å². The van der Waals surface area contributed by atoms with Gasteiger partial charge in [-0.25, -0.2) is 4.79 Å². The Balaban J connectivity index is 2.90. The molecular weight excluding hydrogens is 287 g/mol. The predicted octanol–water partition coefficient (Wildman–Crippen LogP) is 2.73. The molecule has 0 saturated heterocycles. The monoisotopic (exact) mass is 299 g/mol. The number of aryl methyl sites for hydroxylation is 1. The van der Waals surface area contributed by atoms with Crippen molar-refractivity contribution in [1.29, 1.82) is 0 Å². The van der Waals surface area contributed by atoms with E-state index in [1.165, 1.54) is 25.2 Å². The summed E-state index contributed by atoms with van der Waals surface area (Å²) in [5.41, 5.74) is -1.81. The molecule has 0 saturated carbocycles. The molecule has 0 atom stereocenters. The summed E-state index contributed by atoms with van der Waals surface area (Å²) in [6, 6.07) is 3.74. The molecule has 1 aromatic heterocycles. The van der Waals surface area contributed by atoms with Crippen molar-refractivity contribution in [3.63, 3.8) is 0 Å². The van der Waals surface area contributed by atoms with Crippen LogP contribution in [-0.2, 0) is 18.0 Å². The number of pyridine rings is 1. The quantitative estimate of drug-likeness (QED) is 0.801. The standard InChI is InChI=1S/C14H12F3NO3/c1-3-21-13(20)9-6-4-5-8-10(14(15,16)17)7-18(2)12(19)11(8)9/h4-7H,3H2,1-2H3. The maximum Gasteiger partial charge on any atom is 0.418 e. The van der Waals surface area contributed by atoms with Gasteiger partial charge in [-0.15, -0.1) is 0 Å². The molecule has 21 heavy (non-hydrogen) atoms. The van der Waals surface area contributed by atoms with E-state index in [1.807, 2.05) is 0 Å². The van der Waals surface area contributed by atoms with E-state index < -0.39 is 23.3 Å². The molecule has 0 radical (unpaired) electrons. The van der Waals surface area contributed by atoms with Crippen molar-refractivity contribution >= 4 is 16.7 Å². The highest BCUT2D eigenvalue weighted by Crippen LogP contribution is 2.34. The van der Waals surface area contributed by atoms with Gasteiger partial charge in [-0.3, -0.25) is 4.79 Å². The SMILES string of the molecule is CCOC(=O)c1cccc2c(C(F)(F)F)cn(C)c(=O)c12. The van der Waals surface area contributed by atoms with Crippen LogP contribution in [0.4, 0.5) is 13.2 Å². The number of aromatic nitrogens is 1. The fourth-order valence-electron chi connectivity index (χ4n) is 2.11. The van der Waals surface area contributed by atoms with Crippen LogP contribution in [0, 0.1) is 0 Å². The molecule has 0 unspecified atom stereocenters. The molecule has 1 aromatic carbocycles. The van der Waals surface area contributed by atoms with Gasteiger partial charge >= 0.3 is 12.1 Å². The van der Waals surface area contributed by atoms with E-state index in [9.17, 15) is 22.8 Å². The average Bonchev–Trinajstić information content (AvgIpc) is 2.41. The first kappa shape index (κ1) is 15.1. The number of benzene rings is 1. The van der Waals surface area contributed by atoms with Crippen LogP contribution in [0.3, 0.4) is 0 Å². The van der Waals surface area contributed by atoms with Gasteiger partial charge < -0.3 is 9.30 Å². The van der Waals surface area contributed by atoms with Gasteiger partial charge in [-0.1, -0.05) is 12.1 Å². The van der Waals surface area contributed by atoms with Gasteiger partial charge in [0.05, 0.1) is 23.1 Å². The van der Waals surface area contributed by atoms with E-state index in [0.717, 1.165) is 10.8 Å². The minimum absolute atomic E-state index is 0.0640. The van der Waals surface area contributed by atoms with E-state index >= 15 is 0 Å². The number of ether oxygens (including phenoxy) is 1. The summed E-state index contributed by atoms with van der Waals surface area (Å²) >= 11 is 0. The van der Waals surface area contributed by atoms with Crippen molar-refractivity contribution in [2.24, 2.45) is 7.05 Å². The second kappa shape index (κ2) is 5.23. The molecule has 112 valence electrons. The molecular formula is C14H12F3NO3. The number of hydrogen-bond acceptors (Lipinski definition) is 3. The van der Waals surface area contributed by atoms with Crippen molar-refractivity contribution < 1.29 is 22.7 Å². The Hall–Kier alpha value is -2.31. The first-order valence-electron chi connectivity index (χ1n) is 6.14. The van der Waals surface area contributed by atoms with Crippen molar-refractivity contribution in [1.82, 2.24) is 4.57 Å². The van der Waals surface area contributed by atoms with Crippen molar-refractivity contribution in [2.75, 3.05) is 6.61 Å². The van der Waals surface area contributed by atoms with Crippen LogP contribution in [-0.4, -0.2) is 17.1 Å². The van der Waals surface area contributed by atoms with Crippen LogP contribution in [0.1, 0.15) is 22.8 Å². The zero-order chi connectivity index (χ0) is 15.8. The number of esters is 1. The van der Waals surface area contributed by atoms with E-state index in [4.69, 9.17) is 4.74 Å². The smallest absolute Gasteiger partial charge is 0.418 e. The Morgan fingerprint density at radius 3 is 2.57 bits per heavy atom. The number of fused-ring (bicyclic) bond motifs is 1. The molecule has 0 aliphatic carbocycles. The number of carbonyl (C=O) groups is 1. The van der Waals surface area contributed by atoms with Crippen LogP contribution in [0.15, 0.2) is 29.2 Å². The molecule has 0 fully saturated rings. The van der Waals surface area contributed by atoms with Gasteiger partial charge in [0.15, 0.2) is 0 Å². The van der Waals surface area contributed by atoms with Crippen LogP contribution in [0.25, 0.3) is 10.8 Å². The molecule has 2 rings (SSSR count). The molecule has 2 aromatic rings. The van der Waals surface area contributed by atoms with Crippen molar-refractivity contribution in [2.45, 2.75) is 13.1 Å². The highest BCUT2D eigenvalue weighted by atomic mass is 19.4. The number of hydrogen-bond donors (Lipinski definition) is 0. The molecule has 4 nitrogen and oxygen atoms in total. The second-order valence-electron chi connectivity index (χ2n) is 4.41. The molecule has 0 N–H and O–H groups in total. The highest BCUT2D eigenvalue weighted by Gasteiger charge is 2.34. The Morgan fingerprint density at radius 2 is 2.00 bits per heavy atom. The molecule has 0 aliphatic rings. The number of halogens is 3. The fourth-order valence-corrected chi connectivity index (χ4v) is 2.11. The first-order valence-corrected chi connectivity index (χ1v) is 6.14.